The zero-order valence-corrected chi connectivity index (χ0v) is 16.7. The van der Waals surface area contributed by atoms with Crippen LogP contribution in [0.2, 0.25) is 5.02 Å². The van der Waals surface area contributed by atoms with Gasteiger partial charge in [-0.1, -0.05) is 17.2 Å². The summed E-state index contributed by atoms with van der Waals surface area (Å²) in [6, 6.07) is 3.42. The van der Waals surface area contributed by atoms with Crippen LogP contribution in [0.1, 0.15) is 61.7 Å². The molecule has 0 fully saturated rings. The maximum Gasteiger partial charge on any atom is 0.309 e. The van der Waals surface area contributed by atoms with E-state index in [1.165, 1.54) is 17.8 Å². The van der Waals surface area contributed by atoms with E-state index in [0.717, 1.165) is 22.3 Å². The molecule has 0 amide bonds. The van der Waals surface area contributed by atoms with E-state index in [0.29, 0.717) is 17.1 Å². The van der Waals surface area contributed by atoms with Crippen molar-refractivity contribution >= 4 is 28.9 Å². The largest absolute Gasteiger partial charge is 0.407 e. The van der Waals surface area contributed by atoms with Gasteiger partial charge in [0.2, 0.25) is 5.88 Å². The molecule has 6 heteroatoms. The van der Waals surface area contributed by atoms with Gasteiger partial charge in [-0.3, -0.25) is 9.59 Å². The normalized spacial score (nSPS) is 10.6. The van der Waals surface area contributed by atoms with Gasteiger partial charge in [-0.2, -0.15) is 5.10 Å². The van der Waals surface area contributed by atoms with Crippen molar-refractivity contribution in [1.29, 1.82) is 0 Å². The Morgan fingerprint density at radius 1 is 1.15 bits per heavy atom. The zero-order chi connectivity index (χ0) is 19.6. The topological polar surface area (TPSA) is 61.2 Å². The molecule has 1 heterocycles. The number of ether oxygens (including phenoxy) is 1. The summed E-state index contributed by atoms with van der Waals surface area (Å²) >= 11 is 6.39. The third-order valence-corrected chi connectivity index (χ3v) is 4.67. The van der Waals surface area contributed by atoms with Gasteiger partial charge in [0.25, 0.3) is 0 Å². The van der Waals surface area contributed by atoms with Crippen LogP contribution in [0.3, 0.4) is 0 Å². The lowest BCUT2D eigenvalue weighted by molar-refractivity contribution is -0.132. The average molecular weight is 375 g/mol. The number of carbonyl (C=O) groups excluding carboxylic acids is 2. The van der Waals surface area contributed by atoms with Crippen molar-refractivity contribution in [3.8, 4) is 5.88 Å². The second-order valence-electron chi connectivity index (χ2n) is 6.32. The van der Waals surface area contributed by atoms with E-state index in [1.54, 1.807) is 12.1 Å². The molecule has 0 aliphatic carbocycles. The van der Waals surface area contributed by atoms with Crippen LogP contribution >= 0.6 is 11.6 Å². The first-order valence-electron chi connectivity index (χ1n) is 8.41. The molecule has 1 aromatic carbocycles. The fourth-order valence-electron chi connectivity index (χ4n) is 2.78. The summed E-state index contributed by atoms with van der Waals surface area (Å²) in [7, 11) is 0. The highest BCUT2D eigenvalue weighted by molar-refractivity contribution is 6.32. The number of allylic oxidation sites excluding steroid dienone is 2. The molecule has 0 bridgehead atoms. The Morgan fingerprint density at radius 3 is 2.35 bits per heavy atom. The second-order valence-corrected chi connectivity index (χ2v) is 6.73. The predicted octanol–water partition coefficient (Wildman–Crippen LogP) is 4.83. The lowest BCUT2D eigenvalue weighted by Crippen LogP contribution is -2.12. The van der Waals surface area contributed by atoms with Crippen LogP contribution in [0.4, 0.5) is 0 Å². The Morgan fingerprint density at radius 2 is 1.81 bits per heavy atom. The lowest BCUT2D eigenvalue weighted by atomic mass is 9.92. The smallest absolute Gasteiger partial charge is 0.309 e. The zero-order valence-electron chi connectivity index (χ0n) is 15.9. The molecule has 0 aliphatic rings. The summed E-state index contributed by atoms with van der Waals surface area (Å²) in [4.78, 5) is 24.6. The minimum Gasteiger partial charge on any atom is -0.407 e. The van der Waals surface area contributed by atoms with Gasteiger partial charge in [-0.15, -0.1) is 0 Å². The van der Waals surface area contributed by atoms with Crippen molar-refractivity contribution in [2.24, 2.45) is 0 Å². The fraction of sp³-hybridized carbons (Fsp3) is 0.350. The second kappa shape index (κ2) is 7.87. The lowest BCUT2D eigenvalue weighted by Gasteiger charge is -2.15. The molecular weight excluding hydrogens is 352 g/mol. The molecule has 0 aliphatic heterocycles. The Bertz CT molecular complexity index is 906. The van der Waals surface area contributed by atoms with Crippen molar-refractivity contribution in [2.75, 3.05) is 0 Å². The van der Waals surface area contributed by atoms with Gasteiger partial charge in [-0.05, 0) is 63.5 Å². The van der Waals surface area contributed by atoms with E-state index < -0.39 is 5.97 Å². The minimum absolute atomic E-state index is 0.167. The molecule has 0 spiro atoms. The molecule has 2 rings (SSSR count). The van der Waals surface area contributed by atoms with Gasteiger partial charge in [0.15, 0.2) is 5.78 Å². The number of halogens is 1. The van der Waals surface area contributed by atoms with Crippen LogP contribution in [0.15, 0.2) is 23.9 Å². The number of nitrogens with zero attached hydrogens (tertiary/aromatic N) is 2. The average Bonchev–Trinajstić information content (AvgIpc) is 2.96. The van der Waals surface area contributed by atoms with Gasteiger partial charge in [0.05, 0.1) is 6.20 Å². The molecule has 0 atom stereocenters. The van der Waals surface area contributed by atoms with Crippen molar-refractivity contribution < 1.29 is 14.3 Å². The van der Waals surface area contributed by atoms with E-state index >= 15 is 0 Å². The van der Waals surface area contributed by atoms with E-state index in [9.17, 15) is 9.59 Å². The third kappa shape index (κ3) is 3.73. The summed E-state index contributed by atoms with van der Waals surface area (Å²) in [5, 5.41) is 4.75. The van der Waals surface area contributed by atoms with Gasteiger partial charge >= 0.3 is 5.97 Å². The minimum atomic E-state index is -0.497. The molecule has 2 aromatic rings. The van der Waals surface area contributed by atoms with E-state index in [4.69, 9.17) is 16.3 Å². The number of ketones is 1. The summed E-state index contributed by atoms with van der Waals surface area (Å²) in [6.07, 6.45) is 1.44. The summed E-state index contributed by atoms with van der Waals surface area (Å²) in [5.74, 6) is -0.582. The maximum atomic E-state index is 13.2. The number of aromatic nitrogens is 2. The first kappa shape index (κ1) is 19.9. The molecule has 0 radical (unpaired) electrons. The van der Waals surface area contributed by atoms with E-state index in [2.05, 4.69) is 5.10 Å². The molecule has 5 nitrogen and oxygen atoms in total. The van der Waals surface area contributed by atoms with Gasteiger partial charge in [0.1, 0.15) is 5.56 Å². The van der Waals surface area contributed by atoms with Crippen LogP contribution in [0.5, 0.6) is 5.88 Å². The number of aryl methyl sites for hydroxylation is 1. The molecule has 138 valence electrons. The number of carbonyl (C=O) groups is 2. The molecule has 0 saturated heterocycles. The van der Waals surface area contributed by atoms with Crippen molar-refractivity contribution in [1.82, 2.24) is 9.78 Å². The van der Waals surface area contributed by atoms with E-state index in [1.807, 2.05) is 34.6 Å². The summed E-state index contributed by atoms with van der Waals surface area (Å²) in [6.45, 7) is 11.5. The number of rotatable bonds is 5. The predicted molar refractivity (Wildman–Crippen MR) is 103 cm³/mol. The monoisotopic (exact) mass is 374 g/mol. The Hall–Kier alpha value is -2.40. The molecule has 0 N–H and O–H groups in total. The van der Waals surface area contributed by atoms with Crippen molar-refractivity contribution in [2.45, 2.75) is 48.1 Å². The van der Waals surface area contributed by atoms with Crippen LogP contribution < -0.4 is 4.74 Å². The highest BCUT2D eigenvalue weighted by Gasteiger charge is 2.24. The molecule has 26 heavy (non-hydrogen) atoms. The summed E-state index contributed by atoms with van der Waals surface area (Å²) in [5.41, 5.74) is 4.57. The Kier molecular flexibility index (Phi) is 6.03. The van der Waals surface area contributed by atoms with Crippen LogP contribution in [-0.4, -0.2) is 21.5 Å². The van der Waals surface area contributed by atoms with Crippen molar-refractivity contribution in [3.63, 3.8) is 0 Å². The van der Waals surface area contributed by atoms with Crippen LogP contribution in [0, 0.1) is 6.92 Å². The highest BCUT2D eigenvalue weighted by atomic mass is 35.5. The highest BCUT2D eigenvalue weighted by Crippen LogP contribution is 2.33. The van der Waals surface area contributed by atoms with E-state index in [-0.39, 0.29) is 17.2 Å². The Balaban J connectivity index is 2.63. The molecular formula is C20H23ClN2O3. The maximum absolute atomic E-state index is 13.2. The number of hydrogen-bond donors (Lipinski definition) is 0. The first-order valence-corrected chi connectivity index (χ1v) is 8.79. The summed E-state index contributed by atoms with van der Waals surface area (Å²) < 4.78 is 6.72. The third-order valence-electron chi connectivity index (χ3n) is 4.36. The number of esters is 1. The van der Waals surface area contributed by atoms with Crippen molar-refractivity contribution in [3.05, 3.63) is 51.2 Å². The number of benzene rings is 1. The quantitative estimate of drug-likeness (QED) is 0.555. The van der Waals surface area contributed by atoms with Crippen LogP contribution in [0.25, 0.3) is 5.57 Å². The molecule has 1 aromatic heterocycles. The first-order chi connectivity index (χ1) is 12.2. The van der Waals surface area contributed by atoms with Gasteiger partial charge < -0.3 is 4.74 Å². The standard InChI is InChI=1S/C20H23ClN2O3/c1-7-23-20(26-14(6)24)16(10-22-23)19(25)15-8-9-17(21)18(13(15)5)12(4)11(2)3/h8-10H,7H2,1-6H3. The molecule has 0 unspecified atom stereocenters. The van der Waals surface area contributed by atoms with Gasteiger partial charge in [0, 0.05) is 24.1 Å². The molecule has 0 saturated carbocycles. The Labute approximate surface area is 158 Å². The van der Waals surface area contributed by atoms with Crippen LogP contribution in [-0.2, 0) is 11.3 Å². The fourth-order valence-corrected chi connectivity index (χ4v) is 3.13. The van der Waals surface area contributed by atoms with Gasteiger partial charge in [-0.25, -0.2) is 4.68 Å². The SMILES string of the molecule is CCn1ncc(C(=O)c2ccc(Cl)c(C(C)=C(C)C)c2C)c1OC(C)=O. The number of hydrogen-bond acceptors (Lipinski definition) is 4.